The second kappa shape index (κ2) is 1.97. The summed E-state index contributed by atoms with van der Waals surface area (Å²) >= 11 is 0. The van der Waals surface area contributed by atoms with E-state index in [0.29, 0.717) is 5.84 Å². The Balaban J connectivity index is 2.95. The van der Waals surface area contributed by atoms with Gasteiger partial charge in [0.05, 0.1) is 0 Å². The molecular formula is C7H8N2. The summed E-state index contributed by atoms with van der Waals surface area (Å²) in [6.07, 6.45) is 3.43. The molecule has 0 aromatic rings. The topological polar surface area (TPSA) is 36.2 Å². The normalized spacial score (nSPS) is 18.1. The molecule has 0 amide bonds. The highest BCUT2D eigenvalue weighted by Crippen LogP contribution is 2.03. The number of hydrogen-bond acceptors (Lipinski definition) is 1. The Morgan fingerprint density at radius 3 is 2.67 bits per heavy atom. The van der Waals surface area contributed by atoms with Gasteiger partial charge >= 0.3 is 0 Å². The summed E-state index contributed by atoms with van der Waals surface area (Å²) in [4.78, 5) is 3.88. The van der Waals surface area contributed by atoms with E-state index in [1.165, 1.54) is 0 Å². The molecule has 0 aliphatic carbocycles. The third-order valence-electron chi connectivity index (χ3n) is 1.20. The number of nitrogens with zero attached hydrogens (tertiary/aromatic N) is 1. The van der Waals surface area contributed by atoms with Crippen LogP contribution in [-0.4, -0.2) is 11.5 Å². The molecule has 0 fully saturated rings. The van der Waals surface area contributed by atoms with Crippen molar-refractivity contribution in [1.29, 1.82) is 5.41 Å². The fraction of sp³-hybridized carbons (Fsp3) is 0.143. The molecule has 1 aliphatic rings. The Kier molecular flexibility index (Phi) is 1.30. The maximum absolute atomic E-state index is 7.09. The van der Waals surface area contributed by atoms with E-state index in [4.69, 9.17) is 5.41 Å². The number of rotatable bonds is 0. The molecule has 1 rings (SSSR count). The molecule has 9 heavy (non-hydrogen) atoms. The molecule has 0 unspecified atom stereocenters. The largest absolute Gasteiger partial charge is 0.283 e. The molecule has 0 saturated heterocycles. The van der Waals surface area contributed by atoms with E-state index in [1.807, 2.05) is 6.92 Å². The quantitative estimate of drug-likeness (QED) is 0.503. The monoisotopic (exact) mass is 120 g/mol. The Morgan fingerprint density at radius 1 is 1.56 bits per heavy atom. The predicted molar refractivity (Wildman–Crippen MR) is 39.1 cm³/mol. The minimum absolute atomic E-state index is 0.305. The van der Waals surface area contributed by atoms with Crippen LogP contribution in [-0.2, 0) is 0 Å². The van der Waals surface area contributed by atoms with Gasteiger partial charge in [-0.1, -0.05) is 12.7 Å². The van der Waals surface area contributed by atoms with E-state index in [2.05, 4.69) is 11.6 Å². The summed E-state index contributed by atoms with van der Waals surface area (Å²) in [5.41, 5.74) is 1.73. The third kappa shape index (κ3) is 1.13. The molecule has 2 nitrogen and oxygen atoms in total. The summed E-state index contributed by atoms with van der Waals surface area (Å²) in [6, 6.07) is 0. The van der Waals surface area contributed by atoms with Gasteiger partial charge in [0.25, 0.3) is 0 Å². The van der Waals surface area contributed by atoms with Crippen LogP contribution in [0.1, 0.15) is 6.92 Å². The summed E-state index contributed by atoms with van der Waals surface area (Å²) in [7, 11) is 0. The lowest BCUT2D eigenvalue weighted by Crippen LogP contribution is -2.02. The lowest BCUT2D eigenvalue weighted by atomic mass is 10.1. The number of hydrogen-bond donors (Lipinski definition) is 1. The summed E-state index contributed by atoms with van der Waals surface area (Å²) in [5, 5.41) is 7.09. The first-order chi connectivity index (χ1) is 4.20. The van der Waals surface area contributed by atoms with E-state index in [1.54, 1.807) is 12.2 Å². The first-order valence-corrected chi connectivity index (χ1v) is 2.71. The molecule has 0 aromatic heterocycles. The fourth-order valence-electron chi connectivity index (χ4n) is 0.590. The van der Waals surface area contributed by atoms with Crippen LogP contribution >= 0.6 is 0 Å². The summed E-state index contributed by atoms with van der Waals surface area (Å²) < 4.78 is 0. The Labute approximate surface area is 54.1 Å². The van der Waals surface area contributed by atoms with Crippen molar-refractivity contribution in [1.82, 2.24) is 0 Å². The lowest BCUT2D eigenvalue weighted by Gasteiger charge is -2.03. The predicted octanol–water partition coefficient (Wildman–Crippen LogP) is 1.55. The Hall–Kier alpha value is -1.18. The number of nitrogens with one attached hydrogen (secondary N) is 1. The van der Waals surface area contributed by atoms with Gasteiger partial charge in [-0.05, 0) is 18.6 Å². The van der Waals surface area contributed by atoms with Crippen LogP contribution in [0.15, 0.2) is 29.3 Å². The van der Waals surface area contributed by atoms with Crippen LogP contribution in [0.25, 0.3) is 0 Å². The molecule has 0 saturated carbocycles. The van der Waals surface area contributed by atoms with E-state index in [0.717, 1.165) is 11.3 Å². The molecule has 46 valence electrons. The van der Waals surface area contributed by atoms with Gasteiger partial charge in [0.15, 0.2) is 0 Å². The minimum atomic E-state index is 0.305. The smallest absolute Gasteiger partial charge is 0.144 e. The van der Waals surface area contributed by atoms with Crippen molar-refractivity contribution in [3.63, 3.8) is 0 Å². The van der Waals surface area contributed by atoms with E-state index in [-0.39, 0.29) is 0 Å². The molecule has 0 aromatic carbocycles. The van der Waals surface area contributed by atoms with Crippen molar-refractivity contribution >= 4 is 11.5 Å². The molecule has 1 heterocycles. The van der Waals surface area contributed by atoms with Gasteiger partial charge in [0, 0.05) is 5.71 Å². The lowest BCUT2D eigenvalue weighted by molar-refractivity contribution is 1.43. The van der Waals surface area contributed by atoms with Crippen LogP contribution in [0.3, 0.4) is 0 Å². The van der Waals surface area contributed by atoms with E-state index in [9.17, 15) is 0 Å². The number of aliphatic imine (C=N–C) groups is 1. The molecule has 0 atom stereocenters. The highest BCUT2D eigenvalue weighted by Gasteiger charge is 2.00. The fourth-order valence-corrected chi connectivity index (χ4v) is 0.590. The van der Waals surface area contributed by atoms with Crippen LogP contribution in [0, 0.1) is 5.41 Å². The van der Waals surface area contributed by atoms with Gasteiger partial charge in [0.1, 0.15) is 5.84 Å². The Bertz CT molecular complexity index is 221. The molecule has 0 bridgehead atoms. The molecule has 2 heteroatoms. The molecule has 1 N–H and O–H groups in total. The number of amidine groups is 1. The highest BCUT2D eigenvalue weighted by atomic mass is 14.8. The van der Waals surface area contributed by atoms with Crippen LogP contribution in [0.2, 0.25) is 0 Å². The molecule has 0 radical (unpaired) electrons. The van der Waals surface area contributed by atoms with E-state index < -0.39 is 0 Å². The maximum atomic E-state index is 7.09. The zero-order chi connectivity index (χ0) is 6.85. The average Bonchev–Trinajstić information content (AvgIpc) is 1.80. The van der Waals surface area contributed by atoms with Crippen molar-refractivity contribution in [2.45, 2.75) is 6.92 Å². The van der Waals surface area contributed by atoms with Crippen LogP contribution < -0.4 is 0 Å². The van der Waals surface area contributed by atoms with Crippen molar-refractivity contribution in [3.8, 4) is 0 Å². The number of dihydropyridines is 1. The van der Waals surface area contributed by atoms with Gasteiger partial charge in [-0.15, -0.1) is 0 Å². The molecule has 1 aliphatic heterocycles. The third-order valence-corrected chi connectivity index (χ3v) is 1.20. The van der Waals surface area contributed by atoms with Gasteiger partial charge in [-0.2, -0.15) is 0 Å². The van der Waals surface area contributed by atoms with Gasteiger partial charge in [0.2, 0.25) is 0 Å². The van der Waals surface area contributed by atoms with Crippen molar-refractivity contribution < 1.29 is 0 Å². The second-order valence-corrected chi connectivity index (χ2v) is 1.94. The van der Waals surface area contributed by atoms with Crippen LogP contribution in [0.5, 0.6) is 0 Å². The van der Waals surface area contributed by atoms with Gasteiger partial charge < -0.3 is 0 Å². The minimum Gasteiger partial charge on any atom is -0.283 e. The van der Waals surface area contributed by atoms with Crippen LogP contribution in [0.4, 0.5) is 0 Å². The first kappa shape index (κ1) is 5.95. The van der Waals surface area contributed by atoms with Gasteiger partial charge in [-0.25, -0.2) is 4.99 Å². The standard InChI is InChI=1S/C7H8N2/c1-5-3-4-7(8)9-6(5)2/h3-4,8H,1H2,2H3. The molecular weight excluding hydrogens is 112 g/mol. The second-order valence-electron chi connectivity index (χ2n) is 1.94. The highest BCUT2D eigenvalue weighted by molar-refractivity contribution is 6.12. The zero-order valence-corrected chi connectivity index (χ0v) is 5.31. The van der Waals surface area contributed by atoms with E-state index >= 15 is 0 Å². The zero-order valence-electron chi connectivity index (χ0n) is 5.31. The maximum Gasteiger partial charge on any atom is 0.144 e. The van der Waals surface area contributed by atoms with Crippen molar-refractivity contribution in [2.24, 2.45) is 4.99 Å². The SMILES string of the molecule is C=C1C=CC(=N)N=C1C. The first-order valence-electron chi connectivity index (χ1n) is 2.71. The van der Waals surface area contributed by atoms with Crippen molar-refractivity contribution in [3.05, 3.63) is 24.3 Å². The number of allylic oxidation sites excluding steroid dienone is 2. The summed E-state index contributed by atoms with van der Waals surface area (Å²) in [6.45, 7) is 5.56. The van der Waals surface area contributed by atoms with Gasteiger partial charge in [-0.3, -0.25) is 5.41 Å². The summed E-state index contributed by atoms with van der Waals surface area (Å²) in [5.74, 6) is 0.305. The Morgan fingerprint density at radius 2 is 2.22 bits per heavy atom. The average molecular weight is 120 g/mol. The van der Waals surface area contributed by atoms with Crippen molar-refractivity contribution in [2.75, 3.05) is 0 Å². The molecule has 0 spiro atoms.